The number of fused-ring (bicyclic) bond motifs is 2. The maximum Gasteiger partial charge on any atom is 0.257 e. The molecule has 0 saturated carbocycles. The molecule has 5 aromatic rings. The van der Waals surface area contributed by atoms with Gasteiger partial charge in [-0.25, -0.2) is 9.97 Å². The molecule has 0 spiro atoms. The lowest BCUT2D eigenvalue weighted by atomic mass is 9.69. The van der Waals surface area contributed by atoms with Crippen LogP contribution >= 0.6 is 23.5 Å². The quantitative estimate of drug-likeness (QED) is 0.0880. The van der Waals surface area contributed by atoms with Gasteiger partial charge in [0.1, 0.15) is 11.6 Å². The molecule has 0 radical (unpaired) electrons. The van der Waals surface area contributed by atoms with Gasteiger partial charge in [0.15, 0.2) is 21.9 Å². The summed E-state index contributed by atoms with van der Waals surface area (Å²) >= 11 is 2.90. The molecule has 3 aromatic carbocycles. The second kappa shape index (κ2) is 15.2. The van der Waals surface area contributed by atoms with Crippen LogP contribution in [-0.2, 0) is 21.1 Å². The van der Waals surface area contributed by atoms with Gasteiger partial charge >= 0.3 is 0 Å². The van der Waals surface area contributed by atoms with Crippen molar-refractivity contribution in [3.05, 3.63) is 161 Å². The van der Waals surface area contributed by atoms with Crippen molar-refractivity contribution in [2.24, 2.45) is 10.8 Å². The van der Waals surface area contributed by atoms with Crippen molar-refractivity contribution in [1.82, 2.24) is 19.9 Å². The molecule has 2 aliphatic heterocycles. The molecule has 2 aromatic heterocycles. The van der Waals surface area contributed by atoms with Crippen LogP contribution in [0.15, 0.2) is 115 Å². The van der Waals surface area contributed by atoms with Crippen LogP contribution in [-0.4, -0.2) is 31.5 Å². The minimum Gasteiger partial charge on any atom is -0.343 e. The van der Waals surface area contributed by atoms with Crippen molar-refractivity contribution in [2.45, 2.75) is 101 Å². The Bertz CT molecular complexity index is 2570. The topological polar surface area (TPSA) is 150 Å². The van der Waals surface area contributed by atoms with E-state index in [4.69, 9.17) is 9.97 Å². The zero-order chi connectivity index (χ0) is 42.1. The molecule has 2 aliphatic carbocycles. The predicted octanol–water partition coefficient (Wildman–Crippen LogP) is 9.46. The van der Waals surface area contributed by atoms with E-state index < -0.39 is 11.8 Å². The van der Waals surface area contributed by atoms with Crippen LogP contribution in [0.1, 0.15) is 110 Å². The number of aryl methyl sites for hydroxylation is 2. The predicted molar refractivity (Wildman–Crippen MR) is 239 cm³/mol. The second-order valence-electron chi connectivity index (χ2n) is 18.3. The van der Waals surface area contributed by atoms with Gasteiger partial charge in [0.2, 0.25) is 0 Å². The van der Waals surface area contributed by atoms with E-state index in [9.17, 15) is 19.2 Å². The van der Waals surface area contributed by atoms with Crippen LogP contribution in [0.5, 0.6) is 0 Å². The lowest BCUT2D eigenvalue weighted by Crippen LogP contribution is -2.37. The normalized spacial score (nSPS) is 20.1. The number of rotatable bonds is 8. The largest absolute Gasteiger partial charge is 0.343 e. The number of aromatic amines is 2. The van der Waals surface area contributed by atoms with Crippen molar-refractivity contribution in [2.75, 3.05) is 10.6 Å². The van der Waals surface area contributed by atoms with E-state index in [1.54, 1.807) is 0 Å². The summed E-state index contributed by atoms with van der Waals surface area (Å²) < 4.78 is 0. The number of carbonyl (C=O) groups is 2. The number of ketones is 2. The van der Waals surface area contributed by atoms with Gasteiger partial charge < -0.3 is 20.6 Å². The van der Waals surface area contributed by atoms with Gasteiger partial charge in [-0.3, -0.25) is 19.2 Å². The van der Waals surface area contributed by atoms with Crippen LogP contribution in [0.3, 0.4) is 0 Å². The third-order valence-electron chi connectivity index (χ3n) is 12.0. The number of H-pyrrole nitrogens is 2. The lowest BCUT2D eigenvalue weighted by molar-refractivity contribution is -0.119. The Morgan fingerprint density at radius 2 is 0.917 bits per heavy atom. The summed E-state index contributed by atoms with van der Waals surface area (Å²) in [4.78, 5) is 70.8. The van der Waals surface area contributed by atoms with Crippen molar-refractivity contribution in [3.8, 4) is 0 Å². The average molecular weight is 837 g/mol. The Kier molecular flexibility index (Phi) is 10.1. The van der Waals surface area contributed by atoms with Gasteiger partial charge in [-0.1, -0.05) is 135 Å². The highest BCUT2D eigenvalue weighted by molar-refractivity contribution is 7.98. The summed E-state index contributed by atoms with van der Waals surface area (Å²) in [6.45, 7) is 12.4. The maximum atomic E-state index is 13.9. The van der Waals surface area contributed by atoms with Crippen LogP contribution in [0.2, 0.25) is 0 Å². The molecule has 10 nitrogen and oxygen atoms in total. The molecule has 60 heavy (non-hydrogen) atoms. The zero-order valence-corrected chi connectivity index (χ0v) is 36.3. The molecule has 4 N–H and O–H groups in total. The number of aromatic nitrogens is 4. The SMILES string of the molecule is Cc1ccc(C2C3=C(CC(C)(C)CC3=O)Nc3nc(SCc4ccc(CSc5nc6c(c(=O)[nH]5)C(c5ccc(C)cc5)C5=C(CC(C)(C)CC5=O)N6)cc4)[nH]c(=O)c32)cc1. The molecule has 9 rings (SSSR count). The number of thioether (sulfide) groups is 2. The highest BCUT2D eigenvalue weighted by Crippen LogP contribution is 2.49. The number of Topliss-reactive ketones (excluding diaryl/α,β-unsaturated/α-hetero) is 2. The highest BCUT2D eigenvalue weighted by Gasteiger charge is 2.44. The molecule has 4 aliphatic rings. The molecule has 2 atom stereocenters. The van der Waals surface area contributed by atoms with Gasteiger partial charge in [-0.2, -0.15) is 0 Å². The fraction of sp³-hybridized carbons (Fsp3) is 0.333. The third kappa shape index (κ3) is 7.71. The number of benzene rings is 3. The van der Waals surface area contributed by atoms with Crippen LogP contribution < -0.4 is 21.8 Å². The van der Waals surface area contributed by atoms with Gasteiger partial charge in [0.05, 0.1) is 11.1 Å². The molecule has 4 heterocycles. The Morgan fingerprint density at radius 3 is 1.28 bits per heavy atom. The van der Waals surface area contributed by atoms with E-state index in [-0.39, 0.29) is 33.5 Å². The van der Waals surface area contributed by atoms with Gasteiger partial charge in [-0.05, 0) is 59.8 Å². The lowest BCUT2D eigenvalue weighted by Gasteiger charge is -2.38. The molecule has 12 heteroatoms. The molecule has 0 fully saturated rings. The minimum absolute atomic E-state index is 0.0690. The number of carbonyl (C=O) groups excluding carboxylic acids is 2. The Hall–Kier alpha value is -5.46. The standard InChI is InChI=1S/C48H48N6O4S2/c1-25-7-15-29(16-8-25)35-37-31(19-47(3,4)21-33(37)55)49-41-39(35)43(57)53-45(51-41)59-23-27-11-13-28(14-12-27)24-60-46-52-42-40(44(58)54-46)36(30-17-9-26(2)10-18-30)38-32(50-42)20-48(5,6)22-34(38)56/h7-18,35-36H,19-24H2,1-6H3,(H2,49,51,53,57)(H2,50,52,54,58). The van der Waals surface area contributed by atoms with E-state index in [2.05, 4.69) is 72.6 Å². The fourth-order valence-electron chi connectivity index (χ4n) is 9.14. The van der Waals surface area contributed by atoms with Crippen molar-refractivity contribution in [1.29, 1.82) is 0 Å². The number of nitrogens with zero attached hydrogens (tertiary/aromatic N) is 2. The number of hydrogen-bond donors (Lipinski definition) is 4. The van der Waals surface area contributed by atoms with Crippen LogP contribution in [0, 0.1) is 24.7 Å². The molecule has 0 bridgehead atoms. The molecule has 306 valence electrons. The highest BCUT2D eigenvalue weighted by atomic mass is 32.2. The second-order valence-corrected chi connectivity index (χ2v) is 20.2. The first-order valence-electron chi connectivity index (χ1n) is 20.4. The van der Waals surface area contributed by atoms with Crippen molar-refractivity contribution < 1.29 is 9.59 Å². The number of nitrogens with one attached hydrogen (secondary N) is 4. The summed E-state index contributed by atoms with van der Waals surface area (Å²) in [6, 6.07) is 24.3. The van der Waals surface area contributed by atoms with Gasteiger partial charge in [0, 0.05) is 58.7 Å². The van der Waals surface area contributed by atoms with E-state index >= 15 is 0 Å². The summed E-state index contributed by atoms with van der Waals surface area (Å²) in [5, 5.41) is 7.86. The van der Waals surface area contributed by atoms with E-state index in [1.807, 2.05) is 62.4 Å². The van der Waals surface area contributed by atoms with Crippen LogP contribution in [0.4, 0.5) is 11.6 Å². The van der Waals surface area contributed by atoms with Crippen molar-refractivity contribution in [3.63, 3.8) is 0 Å². The fourth-order valence-corrected chi connectivity index (χ4v) is 10.8. The molecule has 0 saturated heterocycles. The number of anilines is 2. The Balaban J connectivity index is 0.908. The zero-order valence-electron chi connectivity index (χ0n) is 34.7. The summed E-state index contributed by atoms with van der Waals surface area (Å²) in [5.74, 6) is 1.35. The summed E-state index contributed by atoms with van der Waals surface area (Å²) in [5.41, 5.74) is 9.25. The van der Waals surface area contributed by atoms with Gasteiger partial charge in [-0.15, -0.1) is 0 Å². The maximum absolute atomic E-state index is 13.9. The molecular formula is C48H48N6O4S2. The molecular weight excluding hydrogens is 789 g/mol. The van der Waals surface area contributed by atoms with Crippen LogP contribution in [0.25, 0.3) is 0 Å². The van der Waals surface area contributed by atoms with Crippen molar-refractivity contribution >= 4 is 46.7 Å². The third-order valence-corrected chi connectivity index (χ3v) is 13.9. The van der Waals surface area contributed by atoms with Gasteiger partial charge in [0.25, 0.3) is 11.1 Å². The first-order chi connectivity index (χ1) is 28.6. The summed E-state index contributed by atoms with van der Waals surface area (Å²) in [7, 11) is 0. The van der Waals surface area contributed by atoms with E-state index in [1.165, 1.54) is 23.5 Å². The first-order valence-corrected chi connectivity index (χ1v) is 22.4. The van der Waals surface area contributed by atoms with E-state index in [0.717, 1.165) is 44.8 Å². The minimum atomic E-state index is -0.484. The first kappa shape index (κ1) is 40.0. The molecule has 2 unspecified atom stereocenters. The Labute approximate surface area is 357 Å². The number of allylic oxidation sites excluding steroid dienone is 4. The monoisotopic (exact) mass is 836 g/mol. The Morgan fingerprint density at radius 1 is 0.550 bits per heavy atom. The van der Waals surface area contributed by atoms with E-state index in [0.29, 0.717) is 81.4 Å². The smallest absolute Gasteiger partial charge is 0.257 e. The number of hydrogen-bond acceptors (Lipinski definition) is 10. The molecule has 0 amide bonds. The summed E-state index contributed by atoms with van der Waals surface area (Å²) in [6.07, 6.45) is 2.25. The average Bonchev–Trinajstić information content (AvgIpc) is 3.18.